The summed E-state index contributed by atoms with van der Waals surface area (Å²) in [5.41, 5.74) is 9.51. The van der Waals surface area contributed by atoms with Crippen molar-refractivity contribution in [3.63, 3.8) is 0 Å². The normalized spacial score (nSPS) is 14.4. The minimum Gasteiger partial charge on any atom is -0.449 e. The molecule has 1 unspecified atom stereocenters. The molecule has 161 valence electrons. The van der Waals surface area contributed by atoms with Crippen molar-refractivity contribution in [2.75, 3.05) is 6.61 Å². The van der Waals surface area contributed by atoms with Crippen LogP contribution in [0.3, 0.4) is 0 Å². The molecule has 1 radical (unpaired) electrons. The van der Waals surface area contributed by atoms with Gasteiger partial charge in [-0.15, -0.1) is 0 Å². The largest absolute Gasteiger partial charge is 0.449 e. The number of benzene rings is 4. The number of carbonyl (C=O) groups excluding carboxylic acids is 1. The summed E-state index contributed by atoms with van der Waals surface area (Å²) in [4.78, 5) is 13.1. The van der Waals surface area contributed by atoms with E-state index in [0.29, 0.717) is 6.61 Å². The maximum absolute atomic E-state index is 13.1. The molecule has 0 saturated carbocycles. The molecule has 2 aliphatic rings. The second kappa shape index (κ2) is 8.25. The number of hydrogen-bond acceptors (Lipinski definition) is 2. The average Bonchev–Trinajstić information content (AvgIpc) is 3.10. The van der Waals surface area contributed by atoms with Gasteiger partial charge in [0.05, 0.1) is 6.04 Å². The van der Waals surface area contributed by atoms with Gasteiger partial charge in [-0.3, -0.25) is 0 Å². The molecule has 1 atom stereocenters. The van der Waals surface area contributed by atoms with E-state index >= 15 is 0 Å². The molecule has 4 aromatic rings. The molecule has 0 aliphatic heterocycles. The zero-order valence-corrected chi connectivity index (χ0v) is 18.3. The van der Waals surface area contributed by atoms with Crippen LogP contribution in [0.25, 0.3) is 11.1 Å². The summed E-state index contributed by atoms with van der Waals surface area (Å²) in [6.45, 7) is 0.308. The summed E-state index contributed by atoms with van der Waals surface area (Å²) in [5.74, 6) is 0.0465. The Labute approximate surface area is 194 Å². The lowest BCUT2D eigenvalue weighted by Crippen LogP contribution is -2.31. The number of nitrogens with one attached hydrogen (secondary N) is 1. The average molecular weight is 431 g/mol. The number of hydrogen-bond donors (Lipinski definition) is 1. The van der Waals surface area contributed by atoms with Crippen LogP contribution in [0.2, 0.25) is 0 Å². The van der Waals surface area contributed by atoms with Crippen LogP contribution in [0.5, 0.6) is 0 Å². The molecule has 3 heteroatoms. The molecule has 1 N–H and O–H groups in total. The number of carbonyl (C=O) groups is 1. The topological polar surface area (TPSA) is 38.3 Å². The smallest absolute Gasteiger partial charge is 0.407 e. The van der Waals surface area contributed by atoms with Crippen LogP contribution < -0.4 is 5.32 Å². The van der Waals surface area contributed by atoms with Crippen molar-refractivity contribution in [2.45, 2.75) is 24.8 Å². The highest BCUT2D eigenvalue weighted by atomic mass is 16.5. The van der Waals surface area contributed by atoms with Gasteiger partial charge in [-0.1, -0.05) is 91.0 Å². The summed E-state index contributed by atoms with van der Waals surface area (Å²) in [6.07, 6.45) is 1.45. The van der Waals surface area contributed by atoms with Gasteiger partial charge in [0.15, 0.2) is 0 Å². The predicted molar refractivity (Wildman–Crippen MR) is 129 cm³/mol. The van der Waals surface area contributed by atoms with Gasteiger partial charge in [0.1, 0.15) is 6.61 Å². The first-order valence-corrected chi connectivity index (χ1v) is 11.5. The van der Waals surface area contributed by atoms with Crippen molar-refractivity contribution >= 4 is 6.09 Å². The molecule has 0 bridgehead atoms. The van der Waals surface area contributed by atoms with E-state index in [0.717, 1.165) is 29.5 Å². The molecule has 0 aromatic heterocycles. The van der Waals surface area contributed by atoms with Gasteiger partial charge in [0.25, 0.3) is 0 Å². The van der Waals surface area contributed by atoms with Crippen LogP contribution in [0.1, 0.15) is 45.3 Å². The number of ether oxygens (including phenoxy) is 1. The first-order valence-electron chi connectivity index (χ1n) is 11.5. The fraction of sp³-hybridized carbons (Fsp3) is 0.167. The quantitative estimate of drug-likeness (QED) is 0.419. The molecule has 3 nitrogen and oxygen atoms in total. The highest BCUT2D eigenvalue weighted by Gasteiger charge is 2.30. The molecule has 0 spiro atoms. The van der Waals surface area contributed by atoms with Crippen LogP contribution in [0.15, 0.2) is 91.0 Å². The summed E-state index contributed by atoms with van der Waals surface area (Å²) in [6, 6.07) is 34.3. The first kappa shape index (κ1) is 19.8. The fourth-order valence-electron chi connectivity index (χ4n) is 5.36. The van der Waals surface area contributed by atoms with Crippen LogP contribution in [0, 0.1) is 6.07 Å². The lowest BCUT2D eigenvalue weighted by molar-refractivity contribution is 0.140. The van der Waals surface area contributed by atoms with E-state index in [-0.39, 0.29) is 12.0 Å². The fourth-order valence-corrected chi connectivity index (χ4v) is 5.36. The number of aryl methyl sites for hydroxylation is 2. The van der Waals surface area contributed by atoms with E-state index in [1.165, 1.54) is 27.8 Å². The monoisotopic (exact) mass is 430 g/mol. The van der Waals surface area contributed by atoms with E-state index in [1.54, 1.807) is 0 Å². The molecule has 33 heavy (non-hydrogen) atoms. The minimum atomic E-state index is -0.395. The molecular weight excluding hydrogens is 406 g/mol. The van der Waals surface area contributed by atoms with Gasteiger partial charge in [0, 0.05) is 5.92 Å². The molecule has 6 rings (SSSR count). The van der Waals surface area contributed by atoms with Crippen molar-refractivity contribution in [1.29, 1.82) is 0 Å². The predicted octanol–water partition coefficient (Wildman–Crippen LogP) is 6.21. The summed E-state index contributed by atoms with van der Waals surface area (Å²) in [7, 11) is 0. The Hall–Kier alpha value is -3.85. The number of amides is 1. The number of alkyl carbamates (subject to hydrolysis) is 1. The Bertz CT molecular complexity index is 1250. The van der Waals surface area contributed by atoms with Crippen molar-refractivity contribution in [3.8, 4) is 11.1 Å². The first-order chi connectivity index (χ1) is 16.3. The lowest BCUT2D eigenvalue weighted by atomic mass is 9.95. The lowest BCUT2D eigenvalue weighted by Gasteiger charge is -2.22. The van der Waals surface area contributed by atoms with Crippen molar-refractivity contribution in [2.24, 2.45) is 0 Å². The van der Waals surface area contributed by atoms with Crippen molar-refractivity contribution in [1.82, 2.24) is 5.32 Å². The van der Waals surface area contributed by atoms with Crippen LogP contribution in [-0.2, 0) is 17.6 Å². The Kier molecular flexibility index (Phi) is 4.95. The Morgan fingerprint density at radius 3 is 2.18 bits per heavy atom. The van der Waals surface area contributed by atoms with Crippen molar-refractivity contribution in [3.05, 3.63) is 130 Å². The molecule has 0 fully saturated rings. The number of rotatable bonds is 3. The summed E-state index contributed by atoms with van der Waals surface area (Å²) >= 11 is 0. The standard InChI is InChI=1S/C30H24NO2/c32-30(33-19-28-26-15-7-5-13-24(26)25-14-6-8-16-27(25)28)31-29-22-11-3-1-9-20(22)17-18-21-10-2-4-12-23(21)29/h1-9,11-16,28-29H,17-19H2,(H,31,32). The van der Waals surface area contributed by atoms with E-state index in [1.807, 2.05) is 30.3 Å². The van der Waals surface area contributed by atoms with Gasteiger partial charge in [0.2, 0.25) is 0 Å². The van der Waals surface area contributed by atoms with E-state index in [4.69, 9.17) is 4.74 Å². The summed E-state index contributed by atoms with van der Waals surface area (Å²) in [5, 5.41) is 3.16. The maximum Gasteiger partial charge on any atom is 0.407 e. The van der Waals surface area contributed by atoms with Gasteiger partial charge < -0.3 is 10.1 Å². The zero-order valence-electron chi connectivity index (χ0n) is 18.3. The maximum atomic E-state index is 13.1. The summed E-state index contributed by atoms with van der Waals surface area (Å²) < 4.78 is 5.85. The highest BCUT2D eigenvalue weighted by molar-refractivity contribution is 5.79. The SMILES string of the molecule is O=C(NC1c2ccc[c]c2CCc2ccccc21)OCC1c2ccccc2-c2ccccc21. The van der Waals surface area contributed by atoms with Gasteiger partial charge in [-0.2, -0.15) is 0 Å². The zero-order chi connectivity index (χ0) is 22.2. The van der Waals surface area contributed by atoms with E-state index in [9.17, 15) is 4.79 Å². The second-order valence-electron chi connectivity index (χ2n) is 8.71. The third kappa shape index (κ3) is 3.50. The van der Waals surface area contributed by atoms with E-state index in [2.05, 4.69) is 72.0 Å². The minimum absolute atomic E-state index is 0.0465. The molecule has 0 heterocycles. The number of fused-ring (bicyclic) bond motifs is 5. The molecule has 4 aromatic carbocycles. The molecule has 2 aliphatic carbocycles. The van der Waals surface area contributed by atoms with Crippen LogP contribution >= 0.6 is 0 Å². The van der Waals surface area contributed by atoms with Gasteiger partial charge >= 0.3 is 6.09 Å². The third-order valence-electron chi connectivity index (χ3n) is 6.91. The van der Waals surface area contributed by atoms with Crippen LogP contribution in [0.4, 0.5) is 4.79 Å². The molecular formula is C30H24NO2. The van der Waals surface area contributed by atoms with Gasteiger partial charge in [-0.25, -0.2) is 4.79 Å². The van der Waals surface area contributed by atoms with Gasteiger partial charge in [-0.05, 0) is 63.4 Å². The third-order valence-corrected chi connectivity index (χ3v) is 6.91. The second-order valence-corrected chi connectivity index (χ2v) is 8.71. The molecule has 1 amide bonds. The van der Waals surface area contributed by atoms with E-state index < -0.39 is 6.09 Å². The van der Waals surface area contributed by atoms with Crippen molar-refractivity contribution < 1.29 is 9.53 Å². The molecule has 0 saturated heterocycles. The van der Waals surface area contributed by atoms with Crippen LogP contribution in [-0.4, -0.2) is 12.7 Å². The Morgan fingerprint density at radius 2 is 1.42 bits per heavy atom. The Balaban J connectivity index is 1.26. The Morgan fingerprint density at radius 1 is 0.788 bits per heavy atom. The highest BCUT2D eigenvalue weighted by Crippen LogP contribution is 2.44.